The molecule has 0 aliphatic heterocycles. The van der Waals surface area contributed by atoms with Crippen molar-refractivity contribution < 1.29 is 0 Å². The molecule has 1 N–H and O–H groups in total. The first kappa shape index (κ1) is 12.1. The molecule has 0 aliphatic carbocycles. The van der Waals surface area contributed by atoms with E-state index in [0.29, 0.717) is 5.88 Å². The summed E-state index contributed by atoms with van der Waals surface area (Å²) in [5, 5.41) is 7.51. The predicted molar refractivity (Wildman–Crippen MR) is 69.8 cm³/mol. The number of hydrogen-bond donors (Lipinski definition) is 1. The van der Waals surface area contributed by atoms with E-state index in [-0.39, 0.29) is 0 Å². The van der Waals surface area contributed by atoms with Crippen LogP contribution in [0.3, 0.4) is 0 Å². The highest BCUT2D eigenvalue weighted by atomic mass is 35.5. The first-order valence-electron chi connectivity index (χ1n) is 5.60. The Labute approximate surface area is 106 Å². The molecule has 0 aliphatic rings. The number of nitrogens with one attached hydrogen (secondary N) is 1. The lowest BCUT2D eigenvalue weighted by Crippen LogP contribution is -2.12. The van der Waals surface area contributed by atoms with Gasteiger partial charge in [-0.05, 0) is 11.1 Å². The van der Waals surface area contributed by atoms with E-state index in [1.165, 1.54) is 11.1 Å². The fourth-order valence-electron chi connectivity index (χ4n) is 1.66. The van der Waals surface area contributed by atoms with E-state index in [9.17, 15) is 0 Å². The predicted octanol–water partition coefficient (Wildman–Crippen LogP) is 2.45. The first-order valence-corrected chi connectivity index (χ1v) is 6.13. The quantitative estimate of drug-likeness (QED) is 0.825. The molecule has 0 unspecified atom stereocenters. The molecule has 0 atom stereocenters. The summed E-state index contributed by atoms with van der Waals surface area (Å²) in [4.78, 5) is 0. The molecule has 2 rings (SSSR count). The van der Waals surface area contributed by atoms with Gasteiger partial charge in [-0.2, -0.15) is 5.10 Å². The molecule has 1 heterocycles. The lowest BCUT2D eigenvalue weighted by molar-refractivity contribution is 0.691. The van der Waals surface area contributed by atoms with Crippen molar-refractivity contribution >= 4 is 11.6 Å². The summed E-state index contributed by atoms with van der Waals surface area (Å²) < 4.78 is 1.81. The van der Waals surface area contributed by atoms with Crippen LogP contribution in [0.2, 0.25) is 0 Å². The lowest BCUT2D eigenvalue weighted by atomic mass is 10.1. The van der Waals surface area contributed by atoms with Crippen LogP contribution in [-0.2, 0) is 26.0 Å². The SMILES string of the molecule is Cn1cc(CNCc2ccc(CCl)cc2)cn1. The van der Waals surface area contributed by atoms with Crippen molar-refractivity contribution in [3.05, 3.63) is 53.3 Å². The van der Waals surface area contributed by atoms with Crippen LogP contribution in [0.25, 0.3) is 0 Å². The third kappa shape index (κ3) is 3.58. The molecule has 0 saturated carbocycles. The first-order chi connectivity index (χ1) is 8.28. The van der Waals surface area contributed by atoms with Gasteiger partial charge in [0.25, 0.3) is 0 Å². The minimum Gasteiger partial charge on any atom is -0.309 e. The molecule has 3 nitrogen and oxygen atoms in total. The Morgan fingerprint density at radius 3 is 2.35 bits per heavy atom. The Balaban J connectivity index is 1.81. The molecule has 0 amide bonds. The molecule has 0 bridgehead atoms. The number of nitrogens with zero attached hydrogens (tertiary/aromatic N) is 2. The monoisotopic (exact) mass is 249 g/mol. The van der Waals surface area contributed by atoms with Gasteiger partial charge in [0.2, 0.25) is 0 Å². The number of aryl methyl sites for hydroxylation is 1. The van der Waals surface area contributed by atoms with Crippen LogP contribution in [0.4, 0.5) is 0 Å². The molecule has 90 valence electrons. The van der Waals surface area contributed by atoms with Crippen molar-refractivity contribution in [3.63, 3.8) is 0 Å². The number of aromatic nitrogens is 2. The van der Waals surface area contributed by atoms with Crippen LogP contribution in [0.15, 0.2) is 36.7 Å². The van der Waals surface area contributed by atoms with Crippen LogP contribution in [0.1, 0.15) is 16.7 Å². The molecule has 1 aromatic heterocycles. The van der Waals surface area contributed by atoms with Crippen LogP contribution in [-0.4, -0.2) is 9.78 Å². The van der Waals surface area contributed by atoms with Crippen molar-refractivity contribution in [2.75, 3.05) is 0 Å². The van der Waals surface area contributed by atoms with Gasteiger partial charge in [0.15, 0.2) is 0 Å². The van der Waals surface area contributed by atoms with Crippen LogP contribution in [0, 0.1) is 0 Å². The molecule has 0 spiro atoms. The highest BCUT2D eigenvalue weighted by Crippen LogP contribution is 2.07. The van der Waals surface area contributed by atoms with Gasteiger partial charge in [0, 0.05) is 37.8 Å². The van der Waals surface area contributed by atoms with Gasteiger partial charge in [0.05, 0.1) is 6.20 Å². The molecular formula is C13H16ClN3. The van der Waals surface area contributed by atoms with Crippen molar-refractivity contribution in [3.8, 4) is 0 Å². The van der Waals surface area contributed by atoms with Crippen molar-refractivity contribution in [1.82, 2.24) is 15.1 Å². The molecule has 0 fully saturated rings. The fourth-order valence-corrected chi connectivity index (χ4v) is 1.84. The topological polar surface area (TPSA) is 29.9 Å². The second-order valence-corrected chi connectivity index (χ2v) is 4.34. The molecule has 0 saturated heterocycles. The third-order valence-corrected chi connectivity index (χ3v) is 2.90. The number of rotatable bonds is 5. The largest absolute Gasteiger partial charge is 0.309 e. The Morgan fingerprint density at radius 2 is 1.76 bits per heavy atom. The summed E-state index contributed by atoms with van der Waals surface area (Å²) in [6.45, 7) is 1.70. The molecule has 2 aromatic rings. The molecule has 4 heteroatoms. The zero-order chi connectivity index (χ0) is 12.1. The summed E-state index contributed by atoms with van der Waals surface area (Å²) in [6.07, 6.45) is 3.90. The molecular weight excluding hydrogens is 234 g/mol. The standard InChI is InChI=1S/C13H16ClN3/c1-17-10-13(9-16-17)8-15-7-12-4-2-11(6-14)3-5-12/h2-5,9-10,15H,6-8H2,1H3. The van der Waals surface area contributed by atoms with Crippen LogP contribution < -0.4 is 5.32 Å². The summed E-state index contributed by atoms with van der Waals surface area (Å²) in [6, 6.07) is 8.34. The van der Waals surface area contributed by atoms with Crippen molar-refractivity contribution in [1.29, 1.82) is 0 Å². The Morgan fingerprint density at radius 1 is 1.12 bits per heavy atom. The van der Waals surface area contributed by atoms with Gasteiger partial charge in [0.1, 0.15) is 0 Å². The maximum Gasteiger partial charge on any atom is 0.0534 e. The van der Waals surface area contributed by atoms with E-state index in [0.717, 1.165) is 18.7 Å². The highest BCUT2D eigenvalue weighted by Gasteiger charge is 1.97. The summed E-state index contributed by atoms with van der Waals surface area (Å²) in [5.74, 6) is 0.573. The van der Waals surface area contributed by atoms with Gasteiger partial charge in [-0.1, -0.05) is 24.3 Å². The number of alkyl halides is 1. The van der Waals surface area contributed by atoms with E-state index in [1.54, 1.807) is 0 Å². The van der Waals surface area contributed by atoms with Crippen LogP contribution >= 0.6 is 11.6 Å². The number of hydrogen-bond acceptors (Lipinski definition) is 2. The van der Waals surface area contributed by atoms with E-state index < -0.39 is 0 Å². The summed E-state index contributed by atoms with van der Waals surface area (Å²) in [5.41, 5.74) is 3.62. The maximum absolute atomic E-state index is 5.74. The summed E-state index contributed by atoms with van der Waals surface area (Å²) >= 11 is 5.74. The zero-order valence-corrected chi connectivity index (χ0v) is 10.6. The van der Waals surface area contributed by atoms with Gasteiger partial charge in [-0.25, -0.2) is 0 Å². The van der Waals surface area contributed by atoms with Gasteiger partial charge in [-0.15, -0.1) is 11.6 Å². The van der Waals surface area contributed by atoms with Gasteiger partial charge in [-0.3, -0.25) is 4.68 Å². The summed E-state index contributed by atoms with van der Waals surface area (Å²) in [7, 11) is 1.92. The lowest BCUT2D eigenvalue weighted by Gasteiger charge is -2.04. The fraction of sp³-hybridized carbons (Fsp3) is 0.308. The minimum atomic E-state index is 0.573. The smallest absolute Gasteiger partial charge is 0.0534 e. The van der Waals surface area contributed by atoms with Crippen molar-refractivity contribution in [2.24, 2.45) is 7.05 Å². The molecule has 0 radical (unpaired) electrons. The Hall–Kier alpha value is -1.32. The minimum absolute atomic E-state index is 0.573. The third-order valence-electron chi connectivity index (χ3n) is 2.59. The normalized spacial score (nSPS) is 10.7. The molecule has 17 heavy (non-hydrogen) atoms. The Kier molecular flexibility index (Phi) is 4.18. The van der Waals surface area contributed by atoms with E-state index >= 15 is 0 Å². The Bertz CT molecular complexity index is 462. The van der Waals surface area contributed by atoms with Gasteiger partial charge >= 0.3 is 0 Å². The maximum atomic E-state index is 5.74. The van der Waals surface area contributed by atoms with Crippen molar-refractivity contribution in [2.45, 2.75) is 19.0 Å². The zero-order valence-electron chi connectivity index (χ0n) is 9.86. The average Bonchev–Trinajstić information content (AvgIpc) is 2.76. The van der Waals surface area contributed by atoms with Gasteiger partial charge < -0.3 is 5.32 Å². The van der Waals surface area contributed by atoms with E-state index in [1.807, 2.05) is 24.1 Å². The van der Waals surface area contributed by atoms with E-state index in [2.05, 4.69) is 34.7 Å². The average molecular weight is 250 g/mol. The second kappa shape index (κ2) is 5.84. The number of halogens is 1. The second-order valence-electron chi connectivity index (χ2n) is 4.08. The molecule has 1 aromatic carbocycles. The highest BCUT2D eigenvalue weighted by molar-refractivity contribution is 6.17. The van der Waals surface area contributed by atoms with E-state index in [4.69, 9.17) is 11.6 Å². The van der Waals surface area contributed by atoms with Crippen LogP contribution in [0.5, 0.6) is 0 Å². The number of benzene rings is 1.